The van der Waals surface area contributed by atoms with Crippen LogP contribution in [0.2, 0.25) is 0 Å². The number of hydrogen-bond acceptors (Lipinski definition) is 3. The molecule has 2 N–H and O–H groups in total. The molecule has 52 valence electrons. The van der Waals surface area contributed by atoms with Crippen LogP contribution in [-0.4, -0.2) is 49.5 Å². The fourth-order valence-electron chi connectivity index (χ4n) is 0. The average molecular weight is 121 g/mol. The second-order valence-corrected chi connectivity index (χ2v) is 1.79. The predicted molar refractivity (Wildman–Crippen MR) is 33.8 cm³/mol. The van der Waals surface area contributed by atoms with Gasteiger partial charge in [-0.2, -0.15) is 0 Å². The molecule has 0 aliphatic carbocycles. The Morgan fingerprint density at radius 2 is 1.12 bits per heavy atom. The van der Waals surface area contributed by atoms with Crippen LogP contribution in [0.4, 0.5) is 0 Å². The van der Waals surface area contributed by atoms with Crippen molar-refractivity contribution in [3.05, 3.63) is 0 Å². The molecule has 0 saturated heterocycles. The van der Waals surface area contributed by atoms with Gasteiger partial charge in [0.15, 0.2) is 0 Å². The summed E-state index contributed by atoms with van der Waals surface area (Å²) in [5, 5.41) is 15.2. The molecule has 0 aliphatic rings. The van der Waals surface area contributed by atoms with Crippen LogP contribution in [0.1, 0.15) is 0 Å². The zero-order chi connectivity index (χ0) is 6.99. The first-order valence-corrected chi connectivity index (χ1v) is 2.47. The number of aliphatic hydroxyl groups is 2. The van der Waals surface area contributed by atoms with E-state index >= 15 is 0 Å². The van der Waals surface area contributed by atoms with Crippen molar-refractivity contribution in [1.82, 2.24) is 4.90 Å². The van der Waals surface area contributed by atoms with Gasteiger partial charge in [0.2, 0.25) is 0 Å². The molecule has 3 heteroatoms. The van der Waals surface area contributed by atoms with Crippen LogP contribution in [0, 0.1) is 0 Å². The van der Waals surface area contributed by atoms with E-state index in [1.54, 1.807) is 0 Å². The molecule has 0 aromatic rings. The minimum atomic E-state index is -0.125. The Morgan fingerprint density at radius 3 is 1.12 bits per heavy atom. The Balaban J connectivity index is 0. The number of aliphatic hydroxyl groups excluding tert-OH is 2. The molecule has 0 heterocycles. The van der Waals surface area contributed by atoms with E-state index in [9.17, 15) is 0 Å². The zero-order valence-electron chi connectivity index (χ0n) is 5.76. The van der Waals surface area contributed by atoms with Gasteiger partial charge in [0, 0.05) is 0 Å². The van der Waals surface area contributed by atoms with E-state index in [-0.39, 0.29) is 13.2 Å². The van der Waals surface area contributed by atoms with E-state index < -0.39 is 0 Å². The van der Waals surface area contributed by atoms with E-state index in [1.165, 1.54) is 0 Å². The lowest BCUT2D eigenvalue weighted by Gasteiger charge is -1.90. The highest BCUT2D eigenvalue weighted by Gasteiger charge is 1.58. The summed E-state index contributed by atoms with van der Waals surface area (Å²) in [5.74, 6) is 0. The molecule has 0 radical (unpaired) electrons. The normalized spacial score (nSPS) is 8.25. The highest BCUT2D eigenvalue weighted by molar-refractivity contribution is 4.09. The molecule has 8 heavy (non-hydrogen) atoms. The molecular formula is C5H15NO2. The molecule has 0 spiro atoms. The van der Waals surface area contributed by atoms with E-state index in [4.69, 9.17) is 10.2 Å². The van der Waals surface area contributed by atoms with Gasteiger partial charge in [-0.15, -0.1) is 0 Å². The molecule has 3 nitrogen and oxygen atoms in total. The van der Waals surface area contributed by atoms with E-state index in [2.05, 4.69) is 0 Å². The summed E-state index contributed by atoms with van der Waals surface area (Å²) in [6, 6.07) is 0. The molecule has 0 fully saturated rings. The van der Waals surface area contributed by atoms with Crippen molar-refractivity contribution < 1.29 is 10.2 Å². The third kappa shape index (κ3) is 181. The van der Waals surface area contributed by atoms with Crippen molar-refractivity contribution in [1.29, 1.82) is 0 Å². The maximum Gasteiger partial charge on any atom is 0.0662 e. The summed E-state index contributed by atoms with van der Waals surface area (Å²) in [6.45, 7) is -0.250. The predicted octanol–water partition coefficient (Wildman–Crippen LogP) is -0.851. The monoisotopic (exact) mass is 121 g/mol. The first-order valence-electron chi connectivity index (χ1n) is 2.47. The van der Waals surface area contributed by atoms with Crippen LogP contribution >= 0.6 is 0 Å². The first kappa shape index (κ1) is 10.8. The fourth-order valence-corrected chi connectivity index (χ4v) is 0. The van der Waals surface area contributed by atoms with Crippen molar-refractivity contribution in [2.75, 3.05) is 34.4 Å². The molecular weight excluding hydrogens is 106 g/mol. The Bertz CT molecular complexity index is 26.9. The van der Waals surface area contributed by atoms with Crippen LogP contribution < -0.4 is 0 Å². The van der Waals surface area contributed by atoms with E-state index in [0.717, 1.165) is 0 Å². The van der Waals surface area contributed by atoms with Crippen LogP contribution in [-0.2, 0) is 0 Å². The van der Waals surface area contributed by atoms with Crippen molar-refractivity contribution >= 4 is 0 Å². The fraction of sp³-hybridized carbons (Fsp3) is 1.00. The van der Waals surface area contributed by atoms with Gasteiger partial charge in [-0.1, -0.05) is 0 Å². The zero-order valence-corrected chi connectivity index (χ0v) is 5.76. The van der Waals surface area contributed by atoms with Gasteiger partial charge >= 0.3 is 0 Å². The first-order chi connectivity index (χ1) is 3.65. The van der Waals surface area contributed by atoms with Gasteiger partial charge in [0.1, 0.15) is 0 Å². The standard InChI is InChI=1S/C3H9N.C2H6O2/c1-4(2)3;3-1-2-4/h1-3H3;3-4H,1-2H2. The topological polar surface area (TPSA) is 43.7 Å². The van der Waals surface area contributed by atoms with Crippen LogP contribution in [0.15, 0.2) is 0 Å². The van der Waals surface area contributed by atoms with Crippen molar-refractivity contribution in [3.63, 3.8) is 0 Å². The number of nitrogens with zero attached hydrogens (tertiary/aromatic N) is 1. The number of rotatable bonds is 1. The van der Waals surface area contributed by atoms with Crippen LogP contribution in [0.25, 0.3) is 0 Å². The second-order valence-electron chi connectivity index (χ2n) is 1.79. The quantitative estimate of drug-likeness (QED) is 0.475. The molecule has 0 atom stereocenters. The number of hydrogen-bond donors (Lipinski definition) is 2. The smallest absolute Gasteiger partial charge is 0.0662 e. The minimum absolute atomic E-state index is 0.125. The van der Waals surface area contributed by atoms with Crippen LogP contribution in [0.3, 0.4) is 0 Å². The third-order valence-electron chi connectivity index (χ3n) is 0.1000. The van der Waals surface area contributed by atoms with Crippen molar-refractivity contribution in [3.8, 4) is 0 Å². The van der Waals surface area contributed by atoms with Crippen molar-refractivity contribution in [2.45, 2.75) is 0 Å². The minimum Gasteiger partial charge on any atom is -0.394 e. The summed E-state index contributed by atoms with van der Waals surface area (Å²) in [4.78, 5) is 2.00. The molecule has 0 amide bonds. The molecule has 0 aliphatic heterocycles. The Morgan fingerprint density at radius 1 is 1.00 bits per heavy atom. The highest BCUT2D eigenvalue weighted by Crippen LogP contribution is 1.47. The average Bonchev–Trinajstić information content (AvgIpc) is 1.65. The molecule has 0 aromatic heterocycles. The Hall–Kier alpha value is -0.120. The molecule has 0 rings (SSSR count). The van der Waals surface area contributed by atoms with Gasteiger partial charge in [-0.05, 0) is 21.1 Å². The third-order valence-corrected chi connectivity index (χ3v) is 0.1000. The SMILES string of the molecule is CN(C)C.OCCO. The maximum atomic E-state index is 7.62. The summed E-state index contributed by atoms with van der Waals surface area (Å²) < 4.78 is 0. The van der Waals surface area contributed by atoms with Gasteiger partial charge in [-0.3, -0.25) is 0 Å². The summed E-state index contributed by atoms with van der Waals surface area (Å²) in [6.07, 6.45) is 0. The van der Waals surface area contributed by atoms with Crippen molar-refractivity contribution in [2.24, 2.45) is 0 Å². The second kappa shape index (κ2) is 9.99. The summed E-state index contributed by atoms with van der Waals surface area (Å²) >= 11 is 0. The highest BCUT2D eigenvalue weighted by atomic mass is 16.3. The van der Waals surface area contributed by atoms with Gasteiger partial charge < -0.3 is 15.1 Å². The largest absolute Gasteiger partial charge is 0.394 e. The molecule has 0 bridgehead atoms. The van der Waals surface area contributed by atoms with Gasteiger partial charge in [0.05, 0.1) is 13.2 Å². The summed E-state index contributed by atoms with van der Waals surface area (Å²) in [5.41, 5.74) is 0. The van der Waals surface area contributed by atoms with Gasteiger partial charge in [-0.25, -0.2) is 0 Å². The lowest BCUT2D eigenvalue weighted by atomic mass is 10.8. The molecule has 0 unspecified atom stereocenters. The summed E-state index contributed by atoms with van der Waals surface area (Å²) in [7, 11) is 6.00. The Labute approximate surface area is 50.6 Å². The van der Waals surface area contributed by atoms with E-state index in [1.807, 2.05) is 26.0 Å². The molecule has 0 saturated carbocycles. The van der Waals surface area contributed by atoms with Gasteiger partial charge in [0.25, 0.3) is 0 Å². The van der Waals surface area contributed by atoms with E-state index in [0.29, 0.717) is 0 Å². The maximum absolute atomic E-state index is 7.62. The Kier molecular flexibility index (Phi) is 13.5. The lowest BCUT2D eigenvalue weighted by Crippen LogP contribution is -1.99. The lowest BCUT2D eigenvalue weighted by molar-refractivity contribution is 0.186. The molecule has 0 aromatic carbocycles. The van der Waals surface area contributed by atoms with Crippen LogP contribution in [0.5, 0.6) is 0 Å².